The van der Waals surface area contributed by atoms with Crippen molar-refractivity contribution in [3.63, 3.8) is 0 Å². The van der Waals surface area contributed by atoms with Crippen molar-refractivity contribution in [2.24, 2.45) is 0 Å². The normalized spacial score (nSPS) is 11.8. The summed E-state index contributed by atoms with van der Waals surface area (Å²) >= 11 is 0. The fourth-order valence-corrected chi connectivity index (χ4v) is 8.78. The van der Waals surface area contributed by atoms with E-state index in [1.165, 1.54) is 0 Å². The first-order chi connectivity index (χ1) is 32.6. The predicted octanol–water partition coefficient (Wildman–Crippen LogP) is 12.5. The van der Waals surface area contributed by atoms with Crippen molar-refractivity contribution < 1.29 is 87.8 Å². The first-order valence-electron chi connectivity index (χ1n) is 19.2. The molecule has 0 aliphatic rings. The molecule has 0 fully saturated rings. The SMILES string of the molecule is Fc1c(F)c(F)c(-c2ccccc2[B-](c2ccccc2-c2c(F)c(F)c(F)c(F)c2F)(c2ccccc2-c2c(F)c(F)c(F)c(F)c2F)c2ccccc2-c2c(F)c(F)c(F)c(F)c2F)c(F)c1F. The summed E-state index contributed by atoms with van der Waals surface area (Å²) in [4.78, 5) is 0. The summed E-state index contributed by atoms with van der Waals surface area (Å²) in [6.07, 6.45) is -4.79. The van der Waals surface area contributed by atoms with E-state index >= 15 is 70.2 Å². The highest BCUT2D eigenvalue weighted by Crippen LogP contribution is 2.40. The van der Waals surface area contributed by atoms with Crippen molar-refractivity contribution in [1.29, 1.82) is 0 Å². The van der Waals surface area contributed by atoms with Crippen LogP contribution in [-0.4, -0.2) is 6.15 Å². The molecule has 21 heteroatoms. The Labute approximate surface area is 373 Å². The zero-order valence-electron chi connectivity index (χ0n) is 33.4. The Kier molecular flexibility index (Phi) is 12.1. The van der Waals surface area contributed by atoms with Crippen molar-refractivity contribution in [2.45, 2.75) is 0 Å². The standard InChI is InChI=1S/C48H16BF20/c50-29-25(30(51)38(59)45(66)37(29)58)17-9-1-5-13-21(17)49(22-14-6-2-10-18(22)26-31(52)39(60)46(67)40(61)32(26)53,23-15-7-3-11-19(23)27-33(54)41(62)47(68)42(63)34(27)55)24-16-8-4-12-20(24)28-35(56)43(64)48(69)44(65)36(28)57/h1-16H/q-1. The molecule has 8 aromatic carbocycles. The molecule has 8 rings (SSSR count). The summed E-state index contributed by atoms with van der Waals surface area (Å²) in [5.41, 5.74) is -17.3. The Morgan fingerprint density at radius 3 is 0.464 bits per heavy atom. The van der Waals surface area contributed by atoms with Gasteiger partial charge in [-0.1, -0.05) is 97.1 Å². The Morgan fingerprint density at radius 1 is 0.174 bits per heavy atom. The van der Waals surface area contributed by atoms with Crippen LogP contribution in [0, 0.1) is 116 Å². The molecule has 0 aliphatic heterocycles. The Morgan fingerprint density at radius 2 is 0.304 bits per heavy atom. The van der Waals surface area contributed by atoms with Gasteiger partial charge in [-0.05, 0) is 22.3 Å². The van der Waals surface area contributed by atoms with E-state index in [4.69, 9.17) is 0 Å². The van der Waals surface area contributed by atoms with Crippen LogP contribution in [0.25, 0.3) is 44.5 Å². The van der Waals surface area contributed by atoms with E-state index in [-0.39, 0.29) is 0 Å². The summed E-state index contributed by atoms with van der Waals surface area (Å²) in [5.74, 6) is -53.6. The van der Waals surface area contributed by atoms with Crippen molar-refractivity contribution in [3.05, 3.63) is 213 Å². The molecule has 0 unspecified atom stereocenters. The maximum absolute atomic E-state index is 16.2. The molecule has 0 amide bonds. The highest BCUT2D eigenvalue weighted by molar-refractivity contribution is 7.22. The minimum Gasteiger partial charge on any atom is -0.203 e. The molecule has 0 N–H and O–H groups in total. The second-order valence-corrected chi connectivity index (χ2v) is 15.0. The van der Waals surface area contributed by atoms with Crippen molar-refractivity contribution in [1.82, 2.24) is 0 Å². The third-order valence-electron chi connectivity index (χ3n) is 11.6. The Hall–Kier alpha value is -7.58. The lowest BCUT2D eigenvalue weighted by Gasteiger charge is -2.49. The van der Waals surface area contributed by atoms with E-state index in [1.807, 2.05) is 0 Å². The second kappa shape index (κ2) is 17.5. The van der Waals surface area contributed by atoms with E-state index in [2.05, 4.69) is 0 Å². The average molecular weight is 983 g/mol. The van der Waals surface area contributed by atoms with Gasteiger partial charge in [0, 0.05) is 0 Å². The highest BCUT2D eigenvalue weighted by Gasteiger charge is 2.43. The summed E-state index contributed by atoms with van der Waals surface area (Å²) in [6, 6.07) is 11.7. The van der Waals surface area contributed by atoms with Gasteiger partial charge in [0.1, 0.15) is 6.15 Å². The number of hydrogen-bond donors (Lipinski definition) is 0. The van der Waals surface area contributed by atoms with E-state index in [0.29, 0.717) is 48.5 Å². The first kappa shape index (κ1) is 47.9. The molecule has 0 saturated heterocycles. The van der Waals surface area contributed by atoms with Crippen molar-refractivity contribution in [2.75, 3.05) is 0 Å². The van der Waals surface area contributed by atoms with E-state index in [1.54, 1.807) is 0 Å². The molecule has 0 heterocycles. The maximum atomic E-state index is 16.2. The van der Waals surface area contributed by atoms with Crippen LogP contribution in [0.15, 0.2) is 97.1 Å². The van der Waals surface area contributed by atoms with Crippen molar-refractivity contribution >= 4 is 28.0 Å². The van der Waals surface area contributed by atoms with Crippen LogP contribution in [0.3, 0.4) is 0 Å². The topological polar surface area (TPSA) is 0 Å². The van der Waals surface area contributed by atoms with Gasteiger partial charge >= 0.3 is 0 Å². The van der Waals surface area contributed by atoms with E-state index < -0.39 is 189 Å². The third-order valence-corrected chi connectivity index (χ3v) is 11.6. The van der Waals surface area contributed by atoms with Crippen LogP contribution in [0.1, 0.15) is 0 Å². The Balaban J connectivity index is 1.77. The van der Waals surface area contributed by atoms with Gasteiger partial charge in [-0.2, -0.15) is 21.9 Å². The minimum atomic E-state index is -4.79. The van der Waals surface area contributed by atoms with Crippen LogP contribution < -0.4 is 21.9 Å². The van der Waals surface area contributed by atoms with Gasteiger partial charge < -0.3 is 0 Å². The van der Waals surface area contributed by atoms with E-state index in [0.717, 1.165) is 48.5 Å². The lowest BCUT2D eigenvalue weighted by Crippen LogP contribution is -2.76. The molecule has 0 nitrogen and oxygen atoms in total. The lowest BCUT2D eigenvalue weighted by atomic mass is 9.11. The zero-order chi connectivity index (χ0) is 50.3. The second-order valence-electron chi connectivity index (χ2n) is 15.0. The quantitative estimate of drug-likeness (QED) is 0.0616. The molecule has 0 aromatic heterocycles. The van der Waals surface area contributed by atoms with Gasteiger partial charge in [0.25, 0.3) is 0 Å². The minimum absolute atomic E-state index is 0.563. The fraction of sp³-hybridized carbons (Fsp3) is 0. The highest BCUT2D eigenvalue weighted by atomic mass is 19.2. The van der Waals surface area contributed by atoms with Crippen LogP contribution in [0.4, 0.5) is 87.8 Å². The number of hydrogen-bond acceptors (Lipinski definition) is 0. The molecule has 0 saturated carbocycles. The van der Waals surface area contributed by atoms with E-state index in [9.17, 15) is 17.6 Å². The Bertz CT molecular complexity index is 2910. The molecule has 352 valence electrons. The molecule has 0 atom stereocenters. The predicted molar refractivity (Wildman–Crippen MR) is 211 cm³/mol. The summed E-state index contributed by atoms with van der Waals surface area (Å²) < 4.78 is 310. The van der Waals surface area contributed by atoms with Crippen LogP contribution in [0.2, 0.25) is 0 Å². The van der Waals surface area contributed by atoms with Crippen LogP contribution >= 0.6 is 0 Å². The van der Waals surface area contributed by atoms with Gasteiger partial charge in [-0.25, -0.2) is 87.8 Å². The van der Waals surface area contributed by atoms with Crippen LogP contribution in [0.5, 0.6) is 0 Å². The smallest absolute Gasteiger partial charge is 0.200 e. The zero-order valence-corrected chi connectivity index (χ0v) is 33.4. The van der Waals surface area contributed by atoms with Gasteiger partial charge in [0.2, 0.25) is 23.3 Å². The molecule has 0 radical (unpaired) electrons. The number of halogens is 20. The molecular weight excluding hydrogens is 967 g/mol. The molecule has 69 heavy (non-hydrogen) atoms. The lowest BCUT2D eigenvalue weighted by molar-refractivity contribution is 0.381. The summed E-state index contributed by atoms with van der Waals surface area (Å²) in [6.45, 7) is 0. The third kappa shape index (κ3) is 6.94. The largest absolute Gasteiger partial charge is 0.203 e. The number of benzene rings is 8. The first-order valence-corrected chi connectivity index (χ1v) is 19.2. The van der Waals surface area contributed by atoms with Crippen LogP contribution in [-0.2, 0) is 0 Å². The maximum Gasteiger partial charge on any atom is 0.200 e. The van der Waals surface area contributed by atoms with Gasteiger partial charge in [-0.3, -0.25) is 0 Å². The molecule has 0 bridgehead atoms. The fourth-order valence-electron chi connectivity index (χ4n) is 8.78. The summed E-state index contributed by atoms with van der Waals surface area (Å²) in [7, 11) is 0. The molecule has 8 aromatic rings. The van der Waals surface area contributed by atoms with Gasteiger partial charge in [0.05, 0.1) is 22.3 Å². The summed E-state index contributed by atoms with van der Waals surface area (Å²) in [5, 5.41) is 0. The molecular formula is C48H16BF20-. The average Bonchev–Trinajstić information content (AvgIpc) is 3.35. The van der Waals surface area contributed by atoms with Crippen molar-refractivity contribution in [3.8, 4) is 44.5 Å². The van der Waals surface area contributed by atoms with Gasteiger partial charge in [0.15, 0.2) is 93.1 Å². The molecule has 0 aliphatic carbocycles. The van der Waals surface area contributed by atoms with Gasteiger partial charge in [-0.15, -0.1) is 0 Å². The molecule has 0 spiro atoms. The monoisotopic (exact) mass is 983 g/mol. The number of rotatable bonds is 8.